The third-order valence-corrected chi connectivity index (χ3v) is 21.1. The Bertz CT molecular complexity index is 5550. The maximum Gasteiger partial charge on any atom is 0.143 e. The van der Waals surface area contributed by atoms with E-state index in [9.17, 15) is 0 Å². The van der Waals surface area contributed by atoms with Gasteiger partial charge in [-0.1, -0.05) is 267 Å². The van der Waals surface area contributed by atoms with Gasteiger partial charge in [0.2, 0.25) is 0 Å². The maximum atomic E-state index is 7.35. The van der Waals surface area contributed by atoms with E-state index in [-0.39, 0.29) is 0 Å². The van der Waals surface area contributed by atoms with E-state index in [0.29, 0.717) is 0 Å². The molecular formula is C88H50O2. The molecule has 0 saturated heterocycles. The van der Waals surface area contributed by atoms with Gasteiger partial charge in [-0.3, -0.25) is 0 Å². The molecule has 21 rings (SSSR count). The van der Waals surface area contributed by atoms with Gasteiger partial charge in [-0.2, -0.15) is 0 Å². The molecule has 0 radical (unpaired) electrons. The number of para-hydroxylation sites is 2. The van der Waals surface area contributed by atoms with Crippen LogP contribution in [0.3, 0.4) is 0 Å². The van der Waals surface area contributed by atoms with Crippen LogP contribution in [-0.4, -0.2) is 0 Å². The summed E-state index contributed by atoms with van der Waals surface area (Å²) in [5.41, 5.74) is 31.5. The lowest BCUT2D eigenvalue weighted by molar-refractivity contribution is 0.669. The van der Waals surface area contributed by atoms with E-state index in [0.717, 1.165) is 66.1 Å². The first-order chi connectivity index (χ1) is 44.6. The van der Waals surface area contributed by atoms with Crippen LogP contribution in [0.2, 0.25) is 0 Å². The highest BCUT2D eigenvalue weighted by atomic mass is 16.3. The minimum atomic E-state index is -0.720. The van der Waals surface area contributed by atoms with E-state index in [1.54, 1.807) is 0 Å². The van der Waals surface area contributed by atoms with Crippen molar-refractivity contribution in [3.05, 3.63) is 348 Å². The van der Waals surface area contributed by atoms with Gasteiger partial charge in [-0.15, -0.1) is 0 Å². The van der Waals surface area contributed by atoms with Crippen LogP contribution in [0.4, 0.5) is 0 Å². The lowest BCUT2D eigenvalue weighted by Gasteiger charge is -2.32. The van der Waals surface area contributed by atoms with E-state index in [1.165, 1.54) is 133 Å². The van der Waals surface area contributed by atoms with Gasteiger partial charge in [0.1, 0.15) is 22.3 Å². The second-order valence-corrected chi connectivity index (χ2v) is 25.1. The number of furan rings is 2. The molecule has 2 spiro atoms. The van der Waals surface area contributed by atoms with Crippen LogP contribution in [-0.2, 0) is 10.8 Å². The molecule has 414 valence electrons. The predicted octanol–water partition coefficient (Wildman–Crippen LogP) is 23.1. The maximum absolute atomic E-state index is 7.35. The summed E-state index contributed by atoms with van der Waals surface area (Å²) in [5, 5.41) is 9.46. The second-order valence-electron chi connectivity index (χ2n) is 25.1. The van der Waals surface area contributed by atoms with Crippen LogP contribution in [0.5, 0.6) is 0 Å². The molecule has 0 atom stereocenters. The van der Waals surface area contributed by atoms with Crippen LogP contribution in [0.15, 0.2) is 312 Å². The molecule has 17 aromatic rings. The van der Waals surface area contributed by atoms with Crippen molar-refractivity contribution in [1.82, 2.24) is 0 Å². The van der Waals surface area contributed by atoms with Crippen LogP contribution < -0.4 is 0 Å². The lowest BCUT2D eigenvalue weighted by atomic mass is 9.68. The van der Waals surface area contributed by atoms with Gasteiger partial charge in [0, 0.05) is 32.7 Å². The fourth-order valence-corrected chi connectivity index (χ4v) is 17.5. The molecule has 2 nitrogen and oxygen atoms in total. The summed E-state index contributed by atoms with van der Waals surface area (Å²) in [7, 11) is 0. The summed E-state index contributed by atoms with van der Waals surface area (Å²) < 4.78 is 14.7. The van der Waals surface area contributed by atoms with Crippen molar-refractivity contribution < 1.29 is 8.83 Å². The quantitative estimate of drug-likeness (QED) is 0.176. The molecule has 4 aliphatic rings. The summed E-state index contributed by atoms with van der Waals surface area (Å²) in [5.74, 6) is 0. The molecule has 0 unspecified atom stereocenters. The van der Waals surface area contributed by atoms with Gasteiger partial charge in [-0.05, 0) is 180 Å². The molecule has 0 bridgehead atoms. The first-order valence-corrected chi connectivity index (χ1v) is 31.4. The zero-order valence-corrected chi connectivity index (χ0v) is 48.7. The number of rotatable bonds is 4. The van der Waals surface area contributed by atoms with Crippen LogP contribution >= 0.6 is 0 Å². The van der Waals surface area contributed by atoms with Gasteiger partial charge in [0.15, 0.2) is 0 Å². The standard InChI is InChI=1S/C88H50O2/c1-3-23-57-51(19-1)21-17-31-59(57)53-39-43-55(44-40-53)67-47-77-81(83-65-29-9-15-37-79(65)89-85(67)83)69-49-76-70(50-75(69)87(77)71-33-11-5-25-61(71)62-26-6-12-34-72(62)87)82-78(88(76)73-35-13-7-27-63(73)64-28-8-14-36-74(64)88)48-68(86-84(82)66-30-10-16-38-80(66)90-86)56-45-41-54(42-46-56)60-32-18-22-52-20-2-4-24-58(52)60/h1-50H. The number of hydrogen-bond acceptors (Lipinski definition) is 2. The molecule has 0 aliphatic heterocycles. The fourth-order valence-electron chi connectivity index (χ4n) is 17.5. The summed E-state index contributed by atoms with van der Waals surface area (Å²) in [6, 6.07) is 114. The van der Waals surface area contributed by atoms with Crippen LogP contribution in [0, 0.1) is 0 Å². The largest absolute Gasteiger partial charge is 0.455 e. The lowest BCUT2D eigenvalue weighted by Crippen LogP contribution is -2.27. The van der Waals surface area contributed by atoms with Crippen molar-refractivity contribution in [2.24, 2.45) is 0 Å². The number of benzene rings is 15. The Morgan fingerprint density at radius 3 is 0.878 bits per heavy atom. The summed E-state index contributed by atoms with van der Waals surface area (Å²) >= 11 is 0. The Morgan fingerprint density at radius 1 is 0.200 bits per heavy atom. The van der Waals surface area contributed by atoms with E-state index in [1.807, 2.05) is 0 Å². The molecule has 2 aromatic heterocycles. The highest BCUT2D eigenvalue weighted by Gasteiger charge is 2.57. The average molecular weight is 1140 g/mol. The zero-order chi connectivity index (χ0) is 58.6. The van der Waals surface area contributed by atoms with E-state index in [4.69, 9.17) is 8.83 Å². The third kappa shape index (κ3) is 6.03. The normalized spacial score (nSPS) is 14.0. The molecule has 0 N–H and O–H groups in total. The summed E-state index contributed by atoms with van der Waals surface area (Å²) in [6.07, 6.45) is 0. The average Bonchev–Trinajstić information content (AvgIpc) is 1.48. The van der Waals surface area contributed by atoms with E-state index in [2.05, 4.69) is 303 Å². The molecule has 4 aliphatic carbocycles. The van der Waals surface area contributed by atoms with Gasteiger partial charge in [0.05, 0.1) is 10.8 Å². The highest BCUT2D eigenvalue weighted by molar-refractivity contribution is 6.23. The van der Waals surface area contributed by atoms with Crippen molar-refractivity contribution in [2.45, 2.75) is 10.8 Å². The van der Waals surface area contributed by atoms with Crippen molar-refractivity contribution in [1.29, 1.82) is 0 Å². The molecule has 2 heteroatoms. The molecule has 0 amide bonds. The molecule has 2 heterocycles. The second kappa shape index (κ2) is 17.6. The van der Waals surface area contributed by atoms with Crippen molar-refractivity contribution >= 4 is 65.4 Å². The topological polar surface area (TPSA) is 26.3 Å². The minimum Gasteiger partial charge on any atom is -0.455 e. The van der Waals surface area contributed by atoms with Gasteiger partial charge < -0.3 is 8.83 Å². The monoisotopic (exact) mass is 1140 g/mol. The van der Waals surface area contributed by atoms with Crippen molar-refractivity contribution in [2.75, 3.05) is 0 Å². The zero-order valence-electron chi connectivity index (χ0n) is 48.7. The van der Waals surface area contributed by atoms with Gasteiger partial charge in [0.25, 0.3) is 0 Å². The molecular weight excluding hydrogens is 1090 g/mol. The SMILES string of the molecule is c1ccc2c(c1)-c1ccccc1C21c2cc3c(cc2-c2c1cc(-c1ccc(-c4cccc5ccccc45)cc1)c1oc4ccccc4c21)C1(c2ccccc2-c2ccccc21)c1cc(-c2ccc(-c4cccc5ccccc45)cc2)c2oc4ccccc4c2c1-3. The first-order valence-electron chi connectivity index (χ1n) is 31.4. The van der Waals surface area contributed by atoms with Crippen molar-refractivity contribution in [3.63, 3.8) is 0 Å². The summed E-state index contributed by atoms with van der Waals surface area (Å²) in [4.78, 5) is 0. The predicted molar refractivity (Wildman–Crippen MR) is 370 cm³/mol. The van der Waals surface area contributed by atoms with Gasteiger partial charge >= 0.3 is 0 Å². The number of fused-ring (bicyclic) bond motifs is 30. The van der Waals surface area contributed by atoms with E-state index < -0.39 is 10.8 Å². The van der Waals surface area contributed by atoms with Gasteiger partial charge in [-0.25, -0.2) is 0 Å². The Morgan fingerprint density at radius 2 is 0.489 bits per heavy atom. The third-order valence-electron chi connectivity index (χ3n) is 21.1. The Kier molecular flexibility index (Phi) is 9.47. The minimum absolute atomic E-state index is 0.720. The van der Waals surface area contributed by atoms with Crippen LogP contribution in [0.25, 0.3) is 154 Å². The molecule has 0 saturated carbocycles. The Balaban J connectivity index is 0.889. The first kappa shape index (κ1) is 48.5. The van der Waals surface area contributed by atoms with Crippen molar-refractivity contribution in [3.8, 4) is 89.0 Å². The number of hydrogen-bond donors (Lipinski definition) is 0. The molecule has 0 fully saturated rings. The smallest absolute Gasteiger partial charge is 0.143 e. The highest BCUT2D eigenvalue weighted by Crippen LogP contribution is 2.70. The summed E-state index contributed by atoms with van der Waals surface area (Å²) in [6.45, 7) is 0. The molecule has 15 aromatic carbocycles. The van der Waals surface area contributed by atoms with Crippen LogP contribution in [0.1, 0.15) is 44.5 Å². The fraction of sp³-hybridized carbons (Fsp3) is 0.0227. The Hall–Kier alpha value is -11.6. The Labute approximate surface area is 518 Å². The van der Waals surface area contributed by atoms with E-state index >= 15 is 0 Å². The molecule has 90 heavy (non-hydrogen) atoms.